The number of rotatable bonds is 5. The lowest BCUT2D eigenvalue weighted by molar-refractivity contribution is 0.0942. The maximum atomic E-state index is 11.8. The fourth-order valence-electron chi connectivity index (χ4n) is 1.45. The van der Waals surface area contributed by atoms with Gasteiger partial charge < -0.3 is 20.9 Å². The SMILES string of the molecule is COc1c(N)cccc1C(=O)NCCC(C)O. The molecule has 94 valence electrons. The van der Waals surface area contributed by atoms with Crippen LogP contribution in [0.1, 0.15) is 23.7 Å². The first-order valence-corrected chi connectivity index (χ1v) is 5.45. The number of carbonyl (C=O) groups is 1. The third-order valence-corrected chi connectivity index (χ3v) is 2.34. The molecule has 0 spiro atoms. The smallest absolute Gasteiger partial charge is 0.255 e. The number of nitrogen functional groups attached to an aromatic ring is 1. The Bertz CT molecular complexity index is 391. The number of ether oxygens (including phenoxy) is 1. The third-order valence-electron chi connectivity index (χ3n) is 2.34. The van der Waals surface area contributed by atoms with Crippen molar-refractivity contribution < 1.29 is 14.6 Å². The van der Waals surface area contributed by atoms with Crippen LogP contribution >= 0.6 is 0 Å². The van der Waals surface area contributed by atoms with Crippen LogP contribution in [0.4, 0.5) is 5.69 Å². The number of aliphatic hydroxyl groups excluding tert-OH is 1. The van der Waals surface area contributed by atoms with Gasteiger partial charge in [-0.2, -0.15) is 0 Å². The van der Waals surface area contributed by atoms with Crippen LogP contribution in [0.2, 0.25) is 0 Å². The van der Waals surface area contributed by atoms with Crippen LogP contribution in [-0.4, -0.2) is 30.8 Å². The average molecular weight is 238 g/mol. The van der Waals surface area contributed by atoms with Gasteiger partial charge in [-0.15, -0.1) is 0 Å². The van der Waals surface area contributed by atoms with E-state index in [1.807, 2.05) is 0 Å². The van der Waals surface area contributed by atoms with Crippen molar-refractivity contribution in [2.24, 2.45) is 0 Å². The molecule has 1 atom stereocenters. The molecule has 0 aliphatic heterocycles. The standard InChI is InChI=1S/C12H18N2O3/c1-8(15)6-7-14-12(16)9-4-3-5-10(13)11(9)17-2/h3-5,8,15H,6-7,13H2,1-2H3,(H,14,16). The fraction of sp³-hybridized carbons (Fsp3) is 0.417. The van der Waals surface area contributed by atoms with E-state index < -0.39 is 6.10 Å². The van der Waals surface area contributed by atoms with Crippen molar-refractivity contribution in [1.82, 2.24) is 5.32 Å². The van der Waals surface area contributed by atoms with Crippen LogP contribution in [0.3, 0.4) is 0 Å². The summed E-state index contributed by atoms with van der Waals surface area (Å²) in [6, 6.07) is 5.01. The van der Waals surface area contributed by atoms with Gasteiger partial charge in [0.05, 0.1) is 24.5 Å². The number of nitrogens with two attached hydrogens (primary N) is 1. The van der Waals surface area contributed by atoms with Gasteiger partial charge in [-0.25, -0.2) is 0 Å². The second kappa shape index (κ2) is 6.10. The first-order valence-electron chi connectivity index (χ1n) is 5.45. The zero-order chi connectivity index (χ0) is 12.8. The molecule has 0 aliphatic rings. The molecule has 1 rings (SSSR count). The summed E-state index contributed by atoms with van der Waals surface area (Å²) in [6.45, 7) is 2.09. The summed E-state index contributed by atoms with van der Waals surface area (Å²) in [6.07, 6.45) is 0.0779. The van der Waals surface area contributed by atoms with Crippen LogP contribution < -0.4 is 15.8 Å². The van der Waals surface area contributed by atoms with Gasteiger partial charge in [0.15, 0.2) is 5.75 Å². The second-order valence-electron chi connectivity index (χ2n) is 3.82. The van der Waals surface area contributed by atoms with E-state index in [0.717, 1.165) is 0 Å². The Kier molecular flexibility index (Phi) is 4.78. The zero-order valence-electron chi connectivity index (χ0n) is 10.1. The van der Waals surface area contributed by atoms with Crippen molar-refractivity contribution in [2.45, 2.75) is 19.4 Å². The number of hydrogen-bond acceptors (Lipinski definition) is 4. The lowest BCUT2D eigenvalue weighted by Gasteiger charge is -2.11. The van der Waals surface area contributed by atoms with Crippen molar-refractivity contribution in [2.75, 3.05) is 19.4 Å². The molecule has 0 bridgehead atoms. The van der Waals surface area contributed by atoms with E-state index in [1.165, 1.54) is 7.11 Å². The quantitative estimate of drug-likeness (QED) is 0.662. The summed E-state index contributed by atoms with van der Waals surface area (Å²) in [5.74, 6) is 0.122. The number of aliphatic hydroxyl groups is 1. The predicted octanol–water partition coefficient (Wildman–Crippen LogP) is 0.778. The van der Waals surface area contributed by atoms with Crippen molar-refractivity contribution in [3.05, 3.63) is 23.8 Å². The van der Waals surface area contributed by atoms with E-state index in [2.05, 4.69) is 5.32 Å². The minimum atomic E-state index is -0.432. The van der Waals surface area contributed by atoms with E-state index in [-0.39, 0.29) is 5.91 Å². The summed E-state index contributed by atoms with van der Waals surface area (Å²) in [4.78, 5) is 11.8. The van der Waals surface area contributed by atoms with Crippen LogP contribution in [-0.2, 0) is 0 Å². The molecule has 1 unspecified atom stereocenters. The summed E-state index contributed by atoms with van der Waals surface area (Å²) < 4.78 is 5.09. The second-order valence-corrected chi connectivity index (χ2v) is 3.82. The van der Waals surface area contributed by atoms with Crippen LogP contribution in [0, 0.1) is 0 Å². The number of methoxy groups -OCH3 is 1. The van der Waals surface area contributed by atoms with Crippen molar-refractivity contribution in [3.63, 3.8) is 0 Å². The van der Waals surface area contributed by atoms with Gasteiger partial charge in [-0.1, -0.05) is 6.07 Å². The maximum Gasteiger partial charge on any atom is 0.255 e. The molecule has 0 saturated carbocycles. The Labute approximate surface area is 101 Å². The Morgan fingerprint density at radius 3 is 2.88 bits per heavy atom. The topological polar surface area (TPSA) is 84.6 Å². The zero-order valence-corrected chi connectivity index (χ0v) is 10.1. The minimum Gasteiger partial charge on any atom is -0.494 e. The number of hydrogen-bond donors (Lipinski definition) is 3. The highest BCUT2D eigenvalue weighted by molar-refractivity contribution is 5.98. The van der Waals surface area contributed by atoms with Crippen LogP contribution in [0.25, 0.3) is 0 Å². The van der Waals surface area contributed by atoms with Crippen LogP contribution in [0.15, 0.2) is 18.2 Å². The molecule has 5 heteroatoms. The Hall–Kier alpha value is -1.75. The third kappa shape index (κ3) is 3.64. The number of para-hydroxylation sites is 1. The molecular weight excluding hydrogens is 220 g/mol. The molecule has 4 N–H and O–H groups in total. The maximum absolute atomic E-state index is 11.8. The van der Waals surface area contributed by atoms with Crippen molar-refractivity contribution >= 4 is 11.6 Å². The lowest BCUT2D eigenvalue weighted by Crippen LogP contribution is -2.27. The van der Waals surface area contributed by atoms with Gasteiger partial charge in [-0.05, 0) is 25.5 Å². The van der Waals surface area contributed by atoms with Gasteiger partial charge >= 0.3 is 0 Å². The Morgan fingerprint density at radius 2 is 2.29 bits per heavy atom. The number of carbonyl (C=O) groups excluding carboxylic acids is 1. The molecule has 1 aromatic rings. The summed E-state index contributed by atoms with van der Waals surface area (Å²) in [7, 11) is 1.47. The molecule has 0 fully saturated rings. The molecule has 0 heterocycles. The molecule has 1 amide bonds. The van der Waals surface area contributed by atoms with Gasteiger partial charge in [-0.3, -0.25) is 4.79 Å². The predicted molar refractivity (Wildman–Crippen MR) is 66.0 cm³/mol. The first-order chi connectivity index (χ1) is 8.06. The molecule has 0 aromatic heterocycles. The van der Waals surface area contributed by atoms with E-state index in [1.54, 1.807) is 25.1 Å². The van der Waals surface area contributed by atoms with Crippen molar-refractivity contribution in [1.29, 1.82) is 0 Å². The van der Waals surface area contributed by atoms with E-state index in [9.17, 15) is 4.79 Å². The number of nitrogens with one attached hydrogen (secondary N) is 1. The van der Waals surface area contributed by atoms with Gasteiger partial charge in [0, 0.05) is 6.54 Å². The van der Waals surface area contributed by atoms with E-state index in [4.69, 9.17) is 15.6 Å². The summed E-state index contributed by atoms with van der Waals surface area (Å²) >= 11 is 0. The Morgan fingerprint density at radius 1 is 1.59 bits per heavy atom. The van der Waals surface area contributed by atoms with E-state index >= 15 is 0 Å². The van der Waals surface area contributed by atoms with Gasteiger partial charge in [0.2, 0.25) is 0 Å². The lowest BCUT2D eigenvalue weighted by atomic mass is 10.1. The molecule has 0 saturated heterocycles. The largest absolute Gasteiger partial charge is 0.494 e. The molecule has 5 nitrogen and oxygen atoms in total. The number of anilines is 1. The van der Waals surface area contributed by atoms with Crippen LogP contribution in [0.5, 0.6) is 5.75 Å². The highest BCUT2D eigenvalue weighted by Crippen LogP contribution is 2.25. The first kappa shape index (κ1) is 13.3. The monoisotopic (exact) mass is 238 g/mol. The normalized spacial score (nSPS) is 11.9. The molecule has 0 radical (unpaired) electrons. The van der Waals surface area contributed by atoms with Gasteiger partial charge in [0.25, 0.3) is 5.91 Å². The fourth-order valence-corrected chi connectivity index (χ4v) is 1.45. The molecular formula is C12H18N2O3. The van der Waals surface area contributed by atoms with Gasteiger partial charge in [0.1, 0.15) is 0 Å². The Balaban J connectivity index is 2.72. The number of amides is 1. The highest BCUT2D eigenvalue weighted by atomic mass is 16.5. The highest BCUT2D eigenvalue weighted by Gasteiger charge is 2.13. The average Bonchev–Trinajstić information content (AvgIpc) is 2.28. The molecule has 0 aliphatic carbocycles. The number of benzene rings is 1. The minimum absolute atomic E-state index is 0.255. The molecule has 17 heavy (non-hydrogen) atoms. The molecule has 1 aromatic carbocycles. The van der Waals surface area contributed by atoms with Crippen molar-refractivity contribution in [3.8, 4) is 5.75 Å². The summed E-state index contributed by atoms with van der Waals surface area (Å²) in [5, 5.41) is 11.8. The van der Waals surface area contributed by atoms with E-state index in [0.29, 0.717) is 30.0 Å². The summed E-state index contributed by atoms with van der Waals surface area (Å²) in [5.41, 5.74) is 6.53.